The number of likely N-dealkylation sites (N-methyl/N-ethyl adjacent to an activating group) is 1. The highest BCUT2D eigenvalue weighted by Crippen LogP contribution is 2.02. The maximum Gasteiger partial charge on any atom is 0.122 e. The molecule has 0 aromatic carbocycles. The van der Waals surface area contributed by atoms with E-state index in [1.54, 1.807) is 6.20 Å². The van der Waals surface area contributed by atoms with E-state index in [1.807, 2.05) is 31.8 Å². The standard InChI is InChI=1S/C9H17N3O/c1-8(7-13)12(3)6-9-10-4-5-11(9)2/h4-5,8,13H,6-7H2,1-3H3. The highest BCUT2D eigenvalue weighted by Gasteiger charge is 2.09. The quantitative estimate of drug-likeness (QED) is 0.726. The molecule has 4 nitrogen and oxygen atoms in total. The number of rotatable bonds is 4. The van der Waals surface area contributed by atoms with Gasteiger partial charge in [0.1, 0.15) is 5.82 Å². The molecule has 13 heavy (non-hydrogen) atoms. The lowest BCUT2D eigenvalue weighted by atomic mass is 10.3. The van der Waals surface area contributed by atoms with Crippen LogP contribution in [0.25, 0.3) is 0 Å². The third-order valence-corrected chi connectivity index (χ3v) is 2.33. The molecule has 0 aliphatic rings. The molecule has 1 aromatic heterocycles. The van der Waals surface area contributed by atoms with Crippen LogP contribution in [0.1, 0.15) is 12.7 Å². The smallest absolute Gasteiger partial charge is 0.122 e. The molecule has 1 atom stereocenters. The summed E-state index contributed by atoms with van der Waals surface area (Å²) in [4.78, 5) is 6.28. The number of aliphatic hydroxyl groups is 1. The SMILES string of the molecule is CC(CO)N(C)Cc1nccn1C. The first-order chi connectivity index (χ1) is 6.15. The minimum absolute atomic E-state index is 0.177. The molecular weight excluding hydrogens is 166 g/mol. The van der Waals surface area contributed by atoms with Gasteiger partial charge in [0, 0.05) is 25.5 Å². The molecule has 0 bridgehead atoms. The zero-order valence-corrected chi connectivity index (χ0v) is 8.44. The number of aromatic nitrogens is 2. The molecule has 0 spiro atoms. The van der Waals surface area contributed by atoms with Crippen LogP contribution < -0.4 is 0 Å². The number of hydrogen-bond donors (Lipinski definition) is 1. The van der Waals surface area contributed by atoms with Gasteiger partial charge in [-0.05, 0) is 14.0 Å². The number of aliphatic hydroxyl groups excluding tert-OH is 1. The normalized spacial score (nSPS) is 13.6. The lowest BCUT2D eigenvalue weighted by molar-refractivity contribution is 0.150. The summed E-state index contributed by atoms with van der Waals surface area (Å²) in [5.41, 5.74) is 0. The van der Waals surface area contributed by atoms with Crippen molar-refractivity contribution < 1.29 is 5.11 Å². The van der Waals surface area contributed by atoms with Crippen LogP contribution in [0.4, 0.5) is 0 Å². The van der Waals surface area contributed by atoms with Gasteiger partial charge in [0.25, 0.3) is 0 Å². The molecule has 1 unspecified atom stereocenters. The summed E-state index contributed by atoms with van der Waals surface area (Å²) >= 11 is 0. The Morgan fingerprint density at radius 3 is 2.85 bits per heavy atom. The fourth-order valence-electron chi connectivity index (χ4n) is 1.07. The van der Waals surface area contributed by atoms with Gasteiger partial charge in [-0.15, -0.1) is 0 Å². The van der Waals surface area contributed by atoms with E-state index < -0.39 is 0 Å². The van der Waals surface area contributed by atoms with Gasteiger partial charge in [-0.1, -0.05) is 0 Å². The monoisotopic (exact) mass is 183 g/mol. The Bertz CT molecular complexity index is 259. The van der Waals surface area contributed by atoms with Crippen molar-refractivity contribution in [2.75, 3.05) is 13.7 Å². The molecule has 1 heterocycles. The van der Waals surface area contributed by atoms with Gasteiger partial charge in [0.2, 0.25) is 0 Å². The number of aryl methyl sites for hydroxylation is 1. The zero-order chi connectivity index (χ0) is 9.84. The highest BCUT2D eigenvalue weighted by atomic mass is 16.3. The predicted octanol–water partition coefficient (Wildman–Crippen LogP) is 0.233. The van der Waals surface area contributed by atoms with Gasteiger partial charge in [-0.2, -0.15) is 0 Å². The topological polar surface area (TPSA) is 41.3 Å². The zero-order valence-electron chi connectivity index (χ0n) is 8.44. The summed E-state index contributed by atoms with van der Waals surface area (Å²) in [6, 6.07) is 0.177. The molecular formula is C9H17N3O. The summed E-state index contributed by atoms with van der Waals surface area (Å²) in [7, 11) is 3.95. The summed E-state index contributed by atoms with van der Waals surface area (Å²) in [6.45, 7) is 2.94. The maximum absolute atomic E-state index is 8.93. The van der Waals surface area contributed by atoms with Gasteiger partial charge in [-0.25, -0.2) is 4.98 Å². The predicted molar refractivity (Wildman–Crippen MR) is 51.2 cm³/mol. The third kappa shape index (κ3) is 2.54. The first-order valence-electron chi connectivity index (χ1n) is 4.42. The lowest BCUT2D eigenvalue weighted by Gasteiger charge is -2.22. The highest BCUT2D eigenvalue weighted by molar-refractivity contribution is 4.91. The Hall–Kier alpha value is -0.870. The van der Waals surface area contributed by atoms with Crippen molar-refractivity contribution in [1.82, 2.24) is 14.5 Å². The van der Waals surface area contributed by atoms with Gasteiger partial charge in [0.15, 0.2) is 0 Å². The van der Waals surface area contributed by atoms with Crippen molar-refractivity contribution >= 4 is 0 Å². The van der Waals surface area contributed by atoms with Crippen LogP contribution in [0.3, 0.4) is 0 Å². The largest absolute Gasteiger partial charge is 0.395 e. The van der Waals surface area contributed by atoms with E-state index in [4.69, 9.17) is 5.11 Å². The van der Waals surface area contributed by atoms with E-state index in [-0.39, 0.29) is 12.6 Å². The molecule has 0 aliphatic heterocycles. The van der Waals surface area contributed by atoms with E-state index >= 15 is 0 Å². The van der Waals surface area contributed by atoms with E-state index in [0.29, 0.717) is 0 Å². The van der Waals surface area contributed by atoms with E-state index in [0.717, 1.165) is 12.4 Å². The lowest BCUT2D eigenvalue weighted by Crippen LogP contribution is -2.32. The first kappa shape index (κ1) is 10.2. The summed E-state index contributed by atoms with van der Waals surface area (Å²) < 4.78 is 1.99. The van der Waals surface area contributed by atoms with Crippen molar-refractivity contribution in [1.29, 1.82) is 0 Å². The van der Waals surface area contributed by atoms with Crippen LogP contribution in [0.15, 0.2) is 12.4 Å². The van der Waals surface area contributed by atoms with Crippen molar-refractivity contribution in [3.8, 4) is 0 Å². The van der Waals surface area contributed by atoms with Crippen LogP contribution in [-0.2, 0) is 13.6 Å². The maximum atomic E-state index is 8.93. The second-order valence-corrected chi connectivity index (χ2v) is 3.40. The fourth-order valence-corrected chi connectivity index (χ4v) is 1.07. The molecule has 0 saturated carbocycles. The Labute approximate surface area is 78.8 Å². The fraction of sp³-hybridized carbons (Fsp3) is 0.667. The van der Waals surface area contributed by atoms with Gasteiger partial charge in [0.05, 0.1) is 13.2 Å². The minimum atomic E-state index is 0.177. The van der Waals surface area contributed by atoms with Gasteiger partial charge >= 0.3 is 0 Å². The van der Waals surface area contributed by atoms with Gasteiger partial charge in [-0.3, -0.25) is 4.90 Å². The molecule has 0 amide bonds. The number of hydrogen-bond acceptors (Lipinski definition) is 3. The Morgan fingerprint density at radius 1 is 1.69 bits per heavy atom. The Kier molecular flexibility index (Phi) is 3.45. The number of nitrogens with zero attached hydrogens (tertiary/aromatic N) is 3. The van der Waals surface area contributed by atoms with Crippen LogP contribution >= 0.6 is 0 Å². The van der Waals surface area contributed by atoms with Crippen LogP contribution in [0.5, 0.6) is 0 Å². The Balaban J connectivity index is 2.54. The molecule has 0 fully saturated rings. The van der Waals surface area contributed by atoms with Crippen molar-refractivity contribution in [2.45, 2.75) is 19.5 Å². The van der Waals surface area contributed by atoms with E-state index in [1.165, 1.54) is 0 Å². The van der Waals surface area contributed by atoms with Crippen molar-refractivity contribution in [3.05, 3.63) is 18.2 Å². The van der Waals surface area contributed by atoms with Crippen molar-refractivity contribution in [2.24, 2.45) is 7.05 Å². The minimum Gasteiger partial charge on any atom is -0.395 e. The first-order valence-corrected chi connectivity index (χ1v) is 4.42. The second kappa shape index (κ2) is 4.39. The number of imidazole rings is 1. The summed E-state index contributed by atoms with van der Waals surface area (Å²) in [6.07, 6.45) is 3.71. The van der Waals surface area contributed by atoms with Gasteiger partial charge < -0.3 is 9.67 Å². The molecule has 1 aromatic rings. The molecule has 0 radical (unpaired) electrons. The molecule has 4 heteroatoms. The molecule has 1 N–H and O–H groups in total. The molecule has 0 saturated heterocycles. The average Bonchev–Trinajstić information content (AvgIpc) is 2.50. The summed E-state index contributed by atoms with van der Waals surface area (Å²) in [5, 5.41) is 8.93. The van der Waals surface area contributed by atoms with E-state index in [2.05, 4.69) is 9.88 Å². The van der Waals surface area contributed by atoms with Crippen LogP contribution in [-0.4, -0.2) is 39.3 Å². The van der Waals surface area contributed by atoms with Crippen LogP contribution in [0.2, 0.25) is 0 Å². The molecule has 1 rings (SSSR count). The summed E-state index contributed by atoms with van der Waals surface area (Å²) in [5.74, 6) is 1.02. The van der Waals surface area contributed by atoms with Crippen LogP contribution in [0, 0.1) is 0 Å². The second-order valence-electron chi connectivity index (χ2n) is 3.40. The third-order valence-electron chi connectivity index (χ3n) is 2.33. The average molecular weight is 183 g/mol. The molecule has 74 valence electrons. The van der Waals surface area contributed by atoms with E-state index in [9.17, 15) is 0 Å². The van der Waals surface area contributed by atoms with Crippen molar-refractivity contribution in [3.63, 3.8) is 0 Å². The Morgan fingerprint density at radius 2 is 2.38 bits per heavy atom. The molecule has 0 aliphatic carbocycles.